The second-order valence-electron chi connectivity index (χ2n) is 10.1. The molecule has 0 saturated heterocycles. The number of benzene rings is 3. The zero-order chi connectivity index (χ0) is 28.9. The third-order valence-corrected chi connectivity index (χ3v) is 9.22. The molecular formula is C30H33ClFN3O4S. The van der Waals surface area contributed by atoms with Crippen LogP contribution in [0, 0.1) is 12.7 Å². The molecule has 7 nitrogen and oxygen atoms in total. The summed E-state index contributed by atoms with van der Waals surface area (Å²) in [4.78, 5) is 28.5. The van der Waals surface area contributed by atoms with Crippen LogP contribution in [-0.4, -0.2) is 43.8 Å². The van der Waals surface area contributed by atoms with Crippen LogP contribution in [0.25, 0.3) is 0 Å². The van der Waals surface area contributed by atoms with Crippen molar-refractivity contribution in [3.63, 3.8) is 0 Å². The van der Waals surface area contributed by atoms with E-state index in [0.717, 1.165) is 47.2 Å². The lowest BCUT2D eigenvalue weighted by molar-refractivity contribution is -0.139. The van der Waals surface area contributed by atoms with Crippen LogP contribution in [-0.2, 0) is 26.2 Å². The van der Waals surface area contributed by atoms with Gasteiger partial charge < -0.3 is 10.2 Å². The minimum atomic E-state index is -4.25. The molecule has 3 aromatic carbocycles. The van der Waals surface area contributed by atoms with Crippen LogP contribution in [0.15, 0.2) is 77.7 Å². The number of hydrogen-bond acceptors (Lipinski definition) is 4. The third kappa shape index (κ3) is 7.01. The van der Waals surface area contributed by atoms with E-state index in [0.29, 0.717) is 0 Å². The van der Waals surface area contributed by atoms with Gasteiger partial charge in [0.05, 0.1) is 15.6 Å². The van der Waals surface area contributed by atoms with Gasteiger partial charge in [-0.05, 0) is 62.6 Å². The van der Waals surface area contributed by atoms with Crippen LogP contribution < -0.4 is 9.62 Å². The summed E-state index contributed by atoms with van der Waals surface area (Å²) in [6.07, 6.45) is 3.85. The number of carbonyl (C=O) groups excluding carboxylic acids is 2. The highest BCUT2D eigenvalue weighted by molar-refractivity contribution is 7.92. The van der Waals surface area contributed by atoms with Crippen molar-refractivity contribution in [2.75, 3.05) is 10.8 Å². The van der Waals surface area contributed by atoms with Crippen molar-refractivity contribution in [1.82, 2.24) is 10.2 Å². The number of carbonyl (C=O) groups is 2. The van der Waals surface area contributed by atoms with E-state index in [9.17, 15) is 22.4 Å². The predicted molar refractivity (Wildman–Crippen MR) is 154 cm³/mol. The van der Waals surface area contributed by atoms with E-state index in [1.165, 1.54) is 29.2 Å². The molecule has 212 valence electrons. The molecule has 10 heteroatoms. The van der Waals surface area contributed by atoms with E-state index in [1.807, 2.05) is 31.2 Å². The Balaban J connectivity index is 1.69. The first-order chi connectivity index (χ1) is 19.1. The average molecular weight is 586 g/mol. The zero-order valence-corrected chi connectivity index (χ0v) is 24.1. The highest BCUT2D eigenvalue weighted by atomic mass is 35.5. The first-order valence-electron chi connectivity index (χ1n) is 13.2. The number of halogens is 2. The van der Waals surface area contributed by atoms with Gasteiger partial charge in [-0.15, -0.1) is 0 Å². The number of hydrogen-bond donors (Lipinski definition) is 1. The monoisotopic (exact) mass is 585 g/mol. The smallest absolute Gasteiger partial charge is 0.264 e. The molecular weight excluding hydrogens is 553 g/mol. The Labute approximate surface area is 240 Å². The average Bonchev–Trinajstić information content (AvgIpc) is 3.46. The summed E-state index contributed by atoms with van der Waals surface area (Å²) in [5.74, 6) is -1.60. The van der Waals surface area contributed by atoms with Crippen LogP contribution in [0.3, 0.4) is 0 Å². The van der Waals surface area contributed by atoms with Crippen molar-refractivity contribution in [2.24, 2.45) is 0 Å². The van der Waals surface area contributed by atoms with E-state index < -0.39 is 34.3 Å². The lowest BCUT2D eigenvalue weighted by Crippen LogP contribution is -2.52. The fourth-order valence-electron chi connectivity index (χ4n) is 4.75. The maximum absolute atomic E-state index is 14.0. The summed E-state index contributed by atoms with van der Waals surface area (Å²) in [5.41, 5.74) is 1.87. The number of nitrogens with one attached hydrogen (secondary N) is 1. The zero-order valence-electron chi connectivity index (χ0n) is 22.5. The number of nitrogens with zero attached hydrogens (tertiary/aromatic N) is 2. The predicted octanol–water partition coefficient (Wildman–Crippen LogP) is 5.46. The summed E-state index contributed by atoms with van der Waals surface area (Å²) in [6, 6.07) is 17.9. The molecule has 1 saturated carbocycles. The van der Waals surface area contributed by atoms with Crippen molar-refractivity contribution in [1.29, 1.82) is 0 Å². The lowest BCUT2D eigenvalue weighted by atomic mass is 10.1. The molecule has 0 heterocycles. The van der Waals surface area contributed by atoms with Crippen molar-refractivity contribution in [2.45, 2.75) is 63.1 Å². The van der Waals surface area contributed by atoms with Crippen molar-refractivity contribution >= 4 is 39.1 Å². The normalized spacial score (nSPS) is 14.5. The maximum Gasteiger partial charge on any atom is 0.264 e. The molecule has 2 amide bonds. The highest BCUT2D eigenvalue weighted by Gasteiger charge is 2.33. The molecule has 1 atom stereocenters. The standard InChI is InChI=1S/C30H33ClFN3O4S/c1-21-12-14-23(15-13-21)19-34(22(2)30(37)33-24-8-6-7-9-24)29(36)20-35(25-16-17-28(32)27(31)18-25)40(38,39)26-10-4-3-5-11-26/h3-5,10-18,22,24H,6-9,19-20H2,1-2H3,(H,33,37). The Bertz CT molecular complexity index is 1450. The van der Waals surface area contributed by atoms with E-state index in [-0.39, 0.29) is 34.1 Å². The minimum Gasteiger partial charge on any atom is -0.352 e. The van der Waals surface area contributed by atoms with Gasteiger partial charge in [-0.2, -0.15) is 0 Å². The number of aryl methyl sites for hydroxylation is 1. The van der Waals surface area contributed by atoms with Gasteiger partial charge >= 0.3 is 0 Å². The molecule has 0 aliphatic heterocycles. The van der Waals surface area contributed by atoms with Crippen LogP contribution >= 0.6 is 11.6 Å². The Hall–Kier alpha value is -3.43. The third-order valence-electron chi connectivity index (χ3n) is 7.14. The molecule has 1 unspecified atom stereocenters. The van der Waals surface area contributed by atoms with Crippen molar-refractivity contribution in [3.8, 4) is 0 Å². The fraction of sp³-hybridized carbons (Fsp3) is 0.333. The number of sulfonamides is 1. The molecule has 1 fully saturated rings. The second kappa shape index (κ2) is 12.8. The second-order valence-corrected chi connectivity index (χ2v) is 12.4. The number of rotatable bonds is 10. The van der Waals surface area contributed by atoms with Gasteiger partial charge in [0, 0.05) is 12.6 Å². The van der Waals surface area contributed by atoms with E-state index >= 15 is 0 Å². The van der Waals surface area contributed by atoms with Gasteiger partial charge in [0.25, 0.3) is 10.0 Å². The molecule has 0 radical (unpaired) electrons. The van der Waals surface area contributed by atoms with Gasteiger partial charge in [0.1, 0.15) is 18.4 Å². The van der Waals surface area contributed by atoms with E-state index in [1.54, 1.807) is 25.1 Å². The summed E-state index contributed by atoms with van der Waals surface area (Å²) in [7, 11) is -4.25. The van der Waals surface area contributed by atoms with E-state index in [4.69, 9.17) is 11.6 Å². The van der Waals surface area contributed by atoms with E-state index in [2.05, 4.69) is 5.32 Å². The molecule has 3 aromatic rings. The molecule has 0 spiro atoms. The van der Waals surface area contributed by atoms with Crippen molar-refractivity contribution < 1.29 is 22.4 Å². The maximum atomic E-state index is 14.0. The van der Waals surface area contributed by atoms with Crippen LogP contribution in [0.4, 0.5) is 10.1 Å². The Morgan fingerprint density at radius 2 is 1.68 bits per heavy atom. The first-order valence-corrected chi connectivity index (χ1v) is 15.1. The topological polar surface area (TPSA) is 86.8 Å². The van der Waals surface area contributed by atoms with Gasteiger partial charge in [-0.1, -0.05) is 72.5 Å². The summed E-state index contributed by atoms with van der Waals surface area (Å²) in [5, 5.41) is 2.76. The fourth-order valence-corrected chi connectivity index (χ4v) is 6.36. The molecule has 1 aliphatic rings. The Morgan fingerprint density at radius 1 is 1.02 bits per heavy atom. The molecule has 4 rings (SSSR count). The Kier molecular flexibility index (Phi) is 9.48. The minimum absolute atomic E-state index is 0.0296. The molecule has 40 heavy (non-hydrogen) atoms. The van der Waals surface area contributed by atoms with Gasteiger partial charge in [-0.25, -0.2) is 12.8 Å². The molecule has 1 N–H and O–H groups in total. The van der Waals surface area contributed by atoms with Crippen LogP contribution in [0.5, 0.6) is 0 Å². The van der Waals surface area contributed by atoms with Gasteiger partial charge in [0.15, 0.2) is 0 Å². The molecule has 0 aromatic heterocycles. The SMILES string of the molecule is Cc1ccc(CN(C(=O)CN(c2ccc(F)c(Cl)c2)S(=O)(=O)c2ccccc2)C(C)C(=O)NC2CCCC2)cc1. The van der Waals surface area contributed by atoms with Crippen molar-refractivity contribution in [3.05, 3.63) is 94.8 Å². The number of anilines is 1. The first kappa shape index (κ1) is 29.6. The quantitative estimate of drug-likeness (QED) is 0.342. The van der Waals surface area contributed by atoms with Crippen LogP contribution in [0.1, 0.15) is 43.7 Å². The van der Waals surface area contributed by atoms with Gasteiger partial charge in [-0.3, -0.25) is 13.9 Å². The van der Waals surface area contributed by atoms with Crippen LogP contribution in [0.2, 0.25) is 5.02 Å². The summed E-state index contributed by atoms with van der Waals surface area (Å²) < 4.78 is 42.4. The largest absolute Gasteiger partial charge is 0.352 e. The van der Waals surface area contributed by atoms with Gasteiger partial charge in [0.2, 0.25) is 11.8 Å². The molecule has 0 bridgehead atoms. The summed E-state index contributed by atoms with van der Waals surface area (Å²) in [6.45, 7) is 3.07. The lowest BCUT2D eigenvalue weighted by Gasteiger charge is -2.32. The highest BCUT2D eigenvalue weighted by Crippen LogP contribution is 2.28. The summed E-state index contributed by atoms with van der Waals surface area (Å²) >= 11 is 6.00. The Morgan fingerprint density at radius 3 is 2.30 bits per heavy atom. The molecule has 1 aliphatic carbocycles. The number of amides is 2.